The number of carbonyl (C=O) groups is 2. The summed E-state index contributed by atoms with van der Waals surface area (Å²) < 4.78 is 14.2. The van der Waals surface area contributed by atoms with Crippen molar-refractivity contribution in [3.8, 4) is 0 Å². The molecule has 1 fully saturated rings. The molecule has 0 aliphatic carbocycles. The number of aliphatic imine (C=N–C) groups is 1. The van der Waals surface area contributed by atoms with E-state index in [9.17, 15) is 14.0 Å². The Balaban J connectivity index is 1.50. The summed E-state index contributed by atoms with van der Waals surface area (Å²) in [6, 6.07) is 12.3. The molecule has 0 radical (unpaired) electrons. The van der Waals surface area contributed by atoms with Crippen molar-refractivity contribution in [3.05, 3.63) is 71.8 Å². The number of nitrogens with zero attached hydrogens (tertiary/aromatic N) is 5. The van der Waals surface area contributed by atoms with Gasteiger partial charge in [0.05, 0.1) is 17.9 Å². The van der Waals surface area contributed by atoms with E-state index >= 15 is 0 Å². The fraction of sp³-hybridized carbons (Fsp3) is 0.227. The predicted molar refractivity (Wildman–Crippen MR) is 114 cm³/mol. The first kappa shape index (κ1) is 19.1. The molecule has 3 heterocycles. The van der Waals surface area contributed by atoms with Gasteiger partial charge in [-0.05, 0) is 25.1 Å². The van der Waals surface area contributed by atoms with E-state index in [1.807, 2.05) is 36.2 Å². The molecule has 0 spiro atoms. The third-order valence-electron chi connectivity index (χ3n) is 5.85. The van der Waals surface area contributed by atoms with E-state index in [4.69, 9.17) is 10.7 Å². The van der Waals surface area contributed by atoms with Crippen LogP contribution >= 0.6 is 0 Å². The van der Waals surface area contributed by atoms with E-state index in [2.05, 4.69) is 0 Å². The lowest BCUT2D eigenvalue weighted by atomic mass is 10.1. The van der Waals surface area contributed by atoms with E-state index in [0.29, 0.717) is 11.6 Å². The third-order valence-corrected chi connectivity index (χ3v) is 5.85. The quantitative estimate of drug-likeness (QED) is 0.772. The summed E-state index contributed by atoms with van der Waals surface area (Å²) in [7, 11) is 1.60. The van der Waals surface area contributed by atoms with Crippen molar-refractivity contribution in [3.63, 3.8) is 0 Å². The van der Waals surface area contributed by atoms with Crippen molar-refractivity contribution < 1.29 is 14.0 Å². The molecule has 2 aromatic carbocycles. The van der Waals surface area contributed by atoms with Gasteiger partial charge in [0.15, 0.2) is 12.2 Å². The Morgan fingerprint density at radius 3 is 2.55 bits per heavy atom. The fourth-order valence-corrected chi connectivity index (χ4v) is 4.29. The van der Waals surface area contributed by atoms with Gasteiger partial charge in [0.1, 0.15) is 5.82 Å². The van der Waals surface area contributed by atoms with Crippen LogP contribution in [0.3, 0.4) is 0 Å². The maximum Gasteiger partial charge on any atom is 0.328 e. The first-order chi connectivity index (χ1) is 14.9. The average molecular weight is 420 g/mol. The zero-order chi connectivity index (χ0) is 21.9. The van der Waals surface area contributed by atoms with Crippen LogP contribution in [-0.4, -0.2) is 51.9 Å². The fourth-order valence-electron chi connectivity index (χ4n) is 4.29. The van der Waals surface area contributed by atoms with Crippen LogP contribution in [0, 0.1) is 5.82 Å². The molecule has 1 saturated heterocycles. The van der Waals surface area contributed by atoms with Gasteiger partial charge in [-0.3, -0.25) is 14.6 Å². The second kappa shape index (κ2) is 6.83. The molecule has 2 N–H and O–H groups in total. The second-order valence-corrected chi connectivity index (χ2v) is 7.77. The van der Waals surface area contributed by atoms with Crippen LogP contribution in [0.5, 0.6) is 0 Å². The molecule has 5 rings (SSSR count). The number of carbonyl (C=O) groups excluding carboxylic acids is 2. The van der Waals surface area contributed by atoms with Crippen LogP contribution in [0.1, 0.15) is 12.5 Å². The molecule has 8 nitrogen and oxygen atoms in total. The van der Waals surface area contributed by atoms with Crippen LogP contribution < -0.4 is 10.6 Å². The number of allylic oxidation sites excluding steroid dienone is 1. The monoisotopic (exact) mass is 420 g/mol. The number of para-hydroxylation sites is 2. The van der Waals surface area contributed by atoms with Gasteiger partial charge >= 0.3 is 6.03 Å². The first-order valence-electron chi connectivity index (χ1n) is 9.89. The van der Waals surface area contributed by atoms with Crippen LogP contribution in [0.15, 0.2) is 65.4 Å². The van der Waals surface area contributed by atoms with Crippen LogP contribution in [-0.2, 0) is 11.3 Å². The van der Waals surface area contributed by atoms with Gasteiger partial charge in [-0.25, -0.2) is 14.2 Å². The standard InChI is InChI=1S/C22H21FN6O2/c1-13-11-27-18-19(25-21(27)29(13)17-10-6-5-9-16(17)24)26(2)22(31)28(20(18)30)12-14-7-3-4-8-15(14)23/h3-11,18-19H,12,24H2,1-2H3. The molecule has 2 atom stereocenters. The van der Waals surface area contributed by atoms with E-state index in [1.54, 1.807) is 36.2 Å². The number of imide groups is 1. The number of urea groups is 1. The summed E-state index contributed by atoms with van der Waals surface area (Å²) in [6.45, 7) is 1.76. The number of anilines is 2. The number of fused-ring (bicyclic) bond motifs is 3. The first-order valence-corrected chi connectivity index (χ1v) is 9.89. The van der Waals surface area contributed by atoms with Gasteiger partial charge in [-0.2, -0.15) is 0 Å². The second-order valence-electron chi connectivity index (χ2n) is 7.77. The van der Waals surface area contributed by atoms with Gasteiger partial charge in [0.2, 0.25) is 5.96 Å². The van der Waals surface area contributed by atoms with Crippen molar-refractivity contribution in [2.75, 3.05) is 17.7 Å². The topological polar surface area (TPSA) is 85.5 Å². The molecule has 0 bridgehead atoms. The number of nitrogen functional groups attached to an aromatic ring is 1. The van der Waals surface area contributed by atoms with Gasteiger partial charge in [0, 0.05) is 24.5 Å². The van der Waals surface area contributed by atoms with E-state index in [1.165, 1.54) is 11.0 Å². The third kappa shape index (κ3) is 2.77. The number of rotatable bonds is 3. The maximum absolute atomic E-state index is 14.2. The smallest absolute Gasteiger partial charge is 0.328 e. The Hall–Kier alpha value is -3.88. The summed E-state index contributed by atoms with van der Waals surface area (Å²) in [5, 5.41) is 0. The number of benzene rings is 2. The van der Waals surface area contributed by atoms with E-state index in [-0.39, 0.29) is 12.1 Å². The number of likely N-dealkylation sites (N-methyl/N-ethyl adjacent to an activating group) is 1. The highest BCUT2D eigenvalue weighted by Crippen LogP contribution is 2.38. The summed E-state index contributed by atoms with van der Waals surface area (Å²) in [4.78, 5) is 37.2. The molecule has 158 valence electrons. The molecular weight excluding hydrogens is 399 g/mol. The summed E-state index contributed by atoms with van der Waals surface area (Å²) in [5.74, 6) is -0.341. The lowest BCUT2D eigenvalue weighted by Crippen LogP contribution is -2.63. The van der Waals surface area contributed by atoms with Gasteiger partial charge in [0.25, 0.3) is 5.91 Å². The maximum atomic E-state index is 14.2. The molecular formula is C22H21FN6O2. The highest BCUT2D eigenvalue weighted by Gasteiger charge is 2.54. The largest absolute Gasteiger partial charge is 0.397 e. The molecule has 3 aliphatic rings. The van der Waals surface area contributed by atoms with Crippen LogP contribution in [0.2, 0.25) is 0 Å². The minimum Gasteiger partial charge on any atom is -0.397 e. The number of halogens is 1. The van der Waals surface area contributed by atoms with Crippen molar-refractivity contribution in [1.82, 2.24) is 14.7 Å². The molecule has 0 aromatic heterocycles. The lowest BCUT2D eigenvalue weighted by Gasteiger charge is -2.40. The van der Waals surface area contributed by atoms with Crippen molar-refractivity contribution >= 4 is 29.3 Å². The zero-order valence-corrected chi connectivity index (χ0v) is 17.1. The van der Waals surface area contributed by atoms with Gasteiger partial charge in [-0.1, -0.05) is 30.3 Å². The Morgan fingerprint density at radius 2 is 1.81 bits per heavy atom. The minimum atomic E-state index is -0.727. The van der Waals surface area contributed by atoms with Crippen molar-refractivity contribution in [1.29, 1.82) is 0 Å². The number of guanidine groups is 1. The van der Waals surface area contributed by atoms with E-state index < -0.39 is 30.0 Å². The summed E-state index contributed by atoms with van der Waals surface area (Å²) >= 11 is 0. The summed E-state index contributed by atoms with van der Waals surface area (Å²) in [5.41, 5.74) is 8.63. The molecule has 0 saturated carbocycles. The molecule has 31 heavy (non-hydrogen) atoms. The van der Waals surface area contributed by atoms with Gasteiger partial charge in [-0.15, -0.1) is 0 Å². The van der Waals surface area contributed by atoms with Crippen LogP contribution in [0.4, 0.5) is 20.6 Å². The predicted octanol–water partition coefficient (Wildman–Crippen LogP) is 2.55. The molecule has 3 aliphatic heterocycles. The van der Waals surface area contributed by atoms with E-state index in [0.717, 1.165) is 16.3 Å². The Morgan fingerprint density at radius 1 is 1.10 bits per heavy atom. The Kier molecular flexibility index (Phi) is 4.21. The molecule has 9 heteroatoms. The highest BCUT2D eigenvalue weighted by molar-refractivity contribution is 6.10. The van der Waals surface area contributed by atoms with Crippen molar-refractivity contribution in [2.24, 2.45) is 4.99 Å². The SMILES string of the molecule is CC1=CN2C(=NC3C2C(=O)N(Cc2ccccc2F)C(=O)N3C)N1c1ccccc1N. The zero-order valence-electron chi connectivity index (χ0n) is 17.1. The number of hydrogen-bond acceptors (Lipinski definition) is 6. The van der Waals surface area contributed by atoms with Crippen molar-refractivity contribution in [2.45, 2.75) is 25.7 Å². The number of hydrogen-bond donors (Lipinski definition) is 1. The average Bonchev–Trinajstić information content (AvgIpc) is 3.26. The summed E-state index contributed by atoms with van der Waals surface area (Å²) in [6.07, 6.45) is 1.15. The Labute approximate surface area is 178 Å². The molecule has 3 amide bonds. The van der Waals surface area contributed by atoms with Crippen LogP contribution in [0.25, 0.3) is 0 Å². The highest BCUT2D eigenvalue weighted by atomic mass is 19.1. The molecule has 2 aromatic rings. The number of amides is 3. The normalized spacial score (nSPS) is 22.5. The lowest BCUT2D eigenvalue weighted by molar-refractivity contribution is -0.137. The van der Waals surface area contributed by atoms with Gasteiger partial charge < -0.3 is 15.5 Å². The Bertz CT molecular complexity index is 1160. The minimum absolute atomic E-state index is 0.140. The molecule has 2 unspecified atom stereocenters. The number of nitrogens with two attached hydrogens (primary N) is 1.